The third kappa shape index (κ3) is 4.28. The number of thiophene rings is 1. The Morgan fingerprint density at radius 3 is 2.76 bits per heavy atom. The predicted molar refractivity (Wildman–Crippen MR) is 119 cm³/mol. The average molecular weight is 429 g/mol. The number of hydrogen-bond acceptors (Lipinski definition) is 5. The summed E-state index contributed by atoms with van der Waals surface area (Å²) in [5, 5.41) is 9.00. The van der Waals surface area contributed by atoms with E-state index in [1.165, 1.54) is 34.1 Å². The minimum atomic E-state index is -0.209. The van der Waals surface area contributed by atoms with Gasteiger partial charge in [0.05, 0.1) is 15.6 Å². The molecule has 152 valence electrons. The molecule has 2 N–H and O–H groups in total. The molecule has 0 spiro atoms. The van der Waals surface area contributed by atoms with Crippen LogP contribution >= 0.6 is 22.7 Å². The third-order valence-electron chi connectivity index (χ3n) is 5.05. The first-order valence-corrected chi connectivity index (χ1v) is 11.5. The monoisotopic (exact) mass is 428 g/mol. The van der Waals surface area contributed by atoms with Crippen LogP contribution in [-0.4, -0.2) is 21.4 Å². The number of thiazole rings is 1. The summed E-state index contributed by atoms with van der Waals surface area (Å²) in [6.45, 7) is 7.38. The fourth-order valence-corrected chi connectivity index (χ4v) is 4.85. The van der Waals surface area contributed by atoms with Crippen LogP contribution in [-0.2, 0) is 11.3 Å². The maximum atomic E-state index is 12.6. The lowest BCUT2D eigenvalue weighted by Gasteiger charge is -2.07. The topological polar surface area (TPSA) is 76.0 Å². The van der Waals surface area contributed by atoms with Crippen LogP contribution in [0, 0.1) is 19.8 Å². The van der Waals surface area contributed by atoms with Crippen LogP contribution < -0.4 is 10.6 Å². The van der Waals surface area contributed by atoms with E-state index in [9.17, 15) is 9.59 Å². The number of rotatable bonds is 7. The van der Waals surface area contributed by atoms with Gasteiger partial charge < -0.3 is 9.88 Å². The molecule has 1 aliphatic carbocycles. The SMILES string of the molecule is CCCn1c(C)cc(-c2csc(NC(=O)c3ccc(NC(=O)C4CC4)s3)n2)c1C. The molecule has 0 unspecified atom stereocenters. The highest BCUT2D eigenvalue weighted by atomic mass is 32.1. The number of carbonyl (C=O) groups is 2. The summed E-state index contributed by atoms with van der Waals surface area (Å²) in [5.74, 6) is -0.0225. The van der Waals surface area contributed by atoms with Gasteiger partial charge in [0.2, 0.25) is 5.91 Å². The van der Waals surface area contributed by atoms with Gasteiger partial charge in [-0.05, 0) is 51.3 Å². The first kappa shape index (κ1) is 19.8. The van der Waals surface area contributed by atoms with E-state index in [0.717, 1.165) is 37.1 Å². The molecule has 0 aromatic carbocycles. The van der Waals surface area contributed by atoms with Gasteiger partial charge >= 0.3 is 0 Å². The largest absolute Gasteiger partial charge is 0.348 e. The van der Waals surface area contributed by atoms with Crippen LogP contribution in [0.25, 0.3) is 11.3 Å². The number of nitrogens with one attached hydrogen (secondary N) is 2. The van der Waals surface area contributed by atoms with Gasteiger partial charge in [-0.3, -0.25) is 14.9 Å². The van der Waals surface area contributed by atoms with Crippen LogP contribution in [0.15, 0.2) is 23.6 Å². The van der Waals surface area contributed by atoms with E-state index in [1.54, 1.807) is 12.1 Å². The molecule has 2 amide bonds. The van der Waals surface area contributed by atoms with Crippen molar-refractivity contribution in [3.63, 3.8) is 0 Å². The predicted octanol–water partition coefficient (Wildman–Crippen LogP) is 5.30. The second-order valence-electron chi connectivity index (χ2n) is 7.36. The van der Waals surface area contributed by atoms with E-state index in [1.807, 2.05) is 5.38 Å². The standard InChI is InChI=1S/C21H24N4O2S2/c1-4-9-25-12(2)10-15(13(25)3)16-11-28-21(22-16)24-20(27)17-7-8-18(29-17)23-19(26)14-5-6-14/h7-8,10-11,14H,4-6,9H2,1-3H3,(H,23,26)(H,22,24,27). The Labute approximate surface area is 178 Å². The Morgan fingerprint density at radius 2 is 2.03 bits per heavy atom. The lowest BCUT2D eigenvalue weighted by molar-refractivity contribution is -0.117. The molecule has 0 radical (unpaired) electrons. The van der Waals surface area contributed by atoms with Gasteiger partial charge in [0, 0.05) is 34.8 Å². The van der Waals surface area contributed by atoms with Gasteiger partial charge in [0.1, 0.15) is 0 Å². The van der Waals surface area contributed by atoms with E-state index in [4.69, 9.17) is 0 Å². The molecule has 0 bridgehead atoms. The molecule has 1 saturated carbocycles. The van der Waals surface area contributed by atoms with E-state index in [2.05, 4.69) is 47.0 Å². The summed E-state index contributed by atoms with van der Waals surface area (Å²) in [6.07, 6.45) is 2.99. The highest BCUT2D eigenvalue weighted by Gasteiger charge is 2.30. The zero-order valence-corrected chi connectivity index (χ0v) is 18.4. The van der Waals surface area contributed by atoms with E-state index in [0.29, 0.717) is 15.0 Å². The van der Waals surface area contributed by atoms with Gasteiger partial charge in [-0.15, -0.1) is 22.7 Å². The fourth-order valence-electron chi connectivity index (χ4n) is 3.34. The molecule has 0 aliphatic heterocycles. The normalized spacial score (nSPS) is 13.5. The third-order valence-corrected chi connectivity index (χ3v) is 6.80. The lowest BCUT2D eigenvalue weighted by Crippen LogP contribution is -2.12. The summed E-state index contributed by atoms with van der Waals surface area (Å²) in [5.41, 5.74) is 4.40. The van der Waals surface area contributed by atoms with Gasteiger partial charge in [-0.2, -0.15) is 0 Å². The number of nitrogens with zero attached hydrogens (tertiary/aromatic N) is 2. The van der Waals surface area contributed by atoms with Crippen LogP contribution in [0.5, 0.6) is 0 Å². The molecule has 29 heavy (non-hydrogen) atoms. The highest BCUT2D eigenvalue weighted by Crippen LogP contribution is 2.33. The van der Waals surface area contributed by atoms with Crippen molar-refractivity contribution in [3.8, 4) is 11.3 Å². The maximum absolute atomic E-state index is 12.6. The second-order valence-corrected chi connectivity index (χ2v) is 9.30. The van der Waals surface area contributed by atoms with Crippen molar-refractivity contribution in [2.24, 2.45) is 5.92 Å². The van der Waals surface area contributed by atoms with Crippen molar-refractivity contribution in [2.45, 2.75) is 46.6 Å². The fraction of sp³-hybridized carbons (Fsp3) is 0.381. The molecule has 3 heterocycles. The Bertz CT molecular complexity index is 1060. The lowest BCUT2D eigenvalue weighted by atomic mass is 10.2. The van der Waals surface area contributed by atoms with Gasteiger partial charge in [-0.25, -0.2) is 4.98 Å². The maximum Gasteiger partial charge on any atom is 0.267 e. The van der Waals surface area contributed by atoms with E-state index < -0.39 is 0 Å². The van der Waals surface area contributed by atoms with Crippen LogP contribution in [0.2, 0.25) is 0 Å². The summed E-state index contributed by atoms with van der Waals surface area (Å²) in [7, 11) is 0. The molecular formula is C21H24N4O2S2. The second kappa shape index (κ2) is 8.12. The smallest absolute Gasteiger partial charge is 0.267 e. The number of carbonyl (C=O) groups excluding carboxylic acids is 2. The molecule has 3 aromatic heterocycles. The highest BCUT2D eigenvalue weighted by molar-refractivity contribution is 7.18. The zero-order valence-electron chi connectivity index (χ0n) is 16.7. The number of aryl methyl sites for hydroxylation is 1. The van der Waals surface area contributed by atoms with Crippen molar-refractivity contribution < 1.29 is 9.59 Å². The van der Waals surface area contributed by atoms with Crippen LogP contribution in [0.3, 0.4) is 0 Å². The Hall–Kier alpha value is -2.45. The zero-order chi connectivity index (χ0) is 20.5. The Kier molecular flexibility index (Phi) is 5.56. The Balaban J connectivity index is 1.44. The van der Waals surface area contributed by atoms with Crippen molar-refractivity contribution in [2.75, 3.05) is 10.6 Å². The summed E-state index contributed by atoms with van der Waals surface area (Å²) >= 11 is 2.70. The summed E-state index contributed by atoms with van der Waals surface area (Å²) < 4.78 is 2.30. The molecule has 4 rings (SSSR count). The molecule has 0 saturated heterocycles. The molecule has 8 heteroatoms. The van der Waals surface area contributed by atoms with Gasteiger partial charge in [-0.1, -0.05) is 6.92 Å². The molecule has 3 aromatic rings. The number of hydrogen-bond donors (Lipinski definition) is 2. The summed E-state index contributed by atoms with van der Waals surface area (Å²) in [6, 6.07) is 5.66. The van der Waals surface area contributed by atoms with Crippen molar-refractivity contribution in [1.82, 2.24) is 9.55 Å². The quantitative estimate of drug-likeness (QED) is 0.536. The number of aromatic nitrogens is 2. The van der Waals surface area contributed by atoms with Crippen LogP contribution in [0.4, 0.5) is 10.1 Å². The number of amides is 2. The molecule has 1 fully saturated rings. The van der Waals surface area contributed by atoms with E-state index in [-0.39, 0.29) is 17.7 Å². The Morgan fingerprint density at radius 1 is 1.24 bits per heavy atom. The van der Waals surface area contributed by atoms with Crippen molar-refractivity contribution in [3.05, 3.63) is 39.8 Å². The molecule has 0 atom stereocenters. The minimum Gasteiger partial charge on any atom is -0.348 e. The van der Waals surface area contributed by atoms with Gasteiger partial charge in [0.25, 0.3) is 5.91 Å². The number of anilines is 2. The average Bonchev–Trinajstić information content (AvgIpc) is 3.17. The van der Waals surface area contributed by atoms with E-state index >= 15 is 0 Å². The van der Waals surface area contributed by atoms with Gasteiger partial charge in [0.15, 0.2) is 5.13 Å². The molecule has 6 nitrogen and oxygen atoms in total. The van der Waals surface area contributed by atoms with Crippen molar-refractivity contribution >= 4 is 44.6 Å². The minimum absolute atomic E-state index is 0.0454. The molecule has 1 aliphatic rings. The first-order valence-electron chi connectivity index (χ1n) is 9.81. The van der Waals surface area contributed by atoms with Crippen LogP contribution in [0.1, 0.15) is 47.2 Å². The van der Waals surface area contributed by atoms with Crippen molar-refractivity contribution in [1.29, 1.82) is 0 Å². The first-order chi connectivity index (χ1) is 14.0. The molecular weight excluding hydrogens is 404 g/mol. The summed E-state index contributed by atoms with van der Waals surface area (Å²) in [4.78, 5) is 29.6.